The number of hydrazone groups is 1. The Morgan fingerprint density at radius 3 is 2.42 bits per heavy atom. The van der Waals surface area contributed by atoms with Crippen molar-refractivity contribution in [2.75, 3.05) is 26.8 Å². The first-order valence-corrected chi connectivity index (χ1v) is 8.01. The second-order valence-corrected chi connectivity index (χ2v) is 5.84. The molecule has 0 radical (unpaired) electrons. The van der Waals surface area contributed by atoms with Gasteiger partial charge in [0.1, 0.15) is 5.75 Å². The van der Waals surface area contributed by atoms with E-state index in [0.29, 0.717) is 17.2 Å². The molecule has 0 aliphatic rings. The lowest BCUT2D eigenvalue weighted by Gasteiger charge is -2.11. The van der Waals surface area contributed by atoms with Crippen molar-refractivity contribution in [3.63, 3.8) is 0 Å². The fraction of sp³-hybridized carbons (Fsp3) is 0.176. The molecule has 0 atom stereocenters. The first kappa shape index (κ1) is 16.1. The number of benzene rings is 2. The second kappa shape index (κ2) is 7.18. The predicted octanol–water partition coefficient (Wildman–Crippen LogP) is 3.77. The van der Waals surface area contributed by atoms with E-state index >= 15 is 0 Å². The zero-order valence-corrected chi connectivity index (χ0v) is 14.4. The van der Waals surface area contributed by atoms with Gasteiger partial charge in [-0.05, 0) is 18.2 Å². The van der Waals surface area contributed by atoms with Gasteiger partial charge in [-0.25, -0.2) is 4.98 Å². The molecule has 0 spiro atoms. The van der Waals surface area contributed by atoms with Crippen molar-refractivity contribution in [1.82, 2.24) is 4.98 Å². The van der Waals surface area contributed by atoms with E-state index in [2.05, 4.69) is 15.5 Å². The largest absolute Gasteiger partial charge is 0.496 e. The molecule has 2 aromatic carbocycles. The number of ether oxygens (including phenoxy) is 3. The smallest absolute Gasteiger partial charge is 0.204 e. The van der Waals surface area contributed by atoms with E-state index < -0.39 is 0 Å². The van der Waals surface area contributed by atoms with Crippen molar-refractivity contribution < 1.29 is 14.2 Å². The third kappa shape index (κ3) is 3.26. The molecular weight excluding hydrogens is 326 g/mol. The zero-order chi connectivity index (χ0) is 16.9. The third-order valence-electron chi connectivity index (χ3n) is 3.39. The molecule has 0 aliphatic carbocycles. The highest BCUT2D eigenvalue weighted by molar-refractivity contribution is 7.22. The number of methoxy groups -OCH3 is 3. The molecule has 24 heavy (non-hydrogen) atoms. The Morgan fingerprint density at radius 2 is 1.71 bits per heavy atom. The van der Waals surface area contributed by atoms with Gasteiger partial charge in [0.25, 0.3) is 0 Å². The van der Waals surface area contributed by atoms with Crippen LogP contribution < -0.4 is 19.6 Å². The number of aromatic nitrogens is 1. The lowest BCUT2D eigenvalue weighted by atomic mass is 10.2. The molecule has 0 saturated carbocycles. The number of nitrogens with one attached hydrogen (secondary N) is 1. The van der Waals surface area contributed by atoms with Gasteiger partial charge in [0.05, 0.1) is 37.8 Å². The lowest BCUT2D eigenvalue weighted by Crippen LogP contribution is -1.97. The van der Waals surface area contributed by atoms with Crippen LogP contribution in [0.5, 0.6) is 17.2 Å². The Morgan fingerprint density at radius 1 is 1.00 bits per heavy atom. The summed E-state index contributed by atoms with van der Waals surface area (Å²) in [4.78, 5) is 4.47. The summed E-state index contributed by atoms with van der Waals surface area (Å²) in [5.74, 6) is 1.85. The van der Waals surface area contributed by atoms with E-state index in [1.807, 2.05) is 24.3 Å². The molecule has 0 saturated heterocycles. The summed E-state index contributed by atoms with van der Waals surface area (Å²) in [6.45, 7) is 0. The minimum absolute atomic E-state index is 0.602. The van der Waals surface area contributed by atoms with Crippen LogP contribution in [0, 0.1) is 0 Å². The predicted molar refractivity (Wildman–Crippen MR) is 96.9 cm³/mol. The zero-order valence-electron chi connectivity index (χ0n) is 13.6. The Kier molecular flexibility index (Phi) is 4.81. The molecule has 0 bridgehead atoms. The summed E-state index contributed by atoms with van der Waals surface area (Å²) < 4.78 is 17.1. The summed E-state index contributed by atoms with van der Waals surface area (Å²) in [6, 6.07) is 11.5. The Bertz CT molecular complexity index is 844. The molecule has 1 heterocycles. The molecule has 6 nitrogen and oxygen atoms in total. The number of fused-ring (bicyclic) bond motifs is 1. The van der Waals surface area contributed by atoms with Gasteiger partial charge in [0.15, 0.2) is 11.5 Å². The second-order valence-electron chi connectivity index (χ2n) is 4.81. The van der Waals surface area contributed by atoms with Crippen LogP contribution in [0.1, 0.15) is 5.56 Å². The molecule has 1 N–H and O–H groups in total. The summed E-state index contributed by atoms with van der Waals surface area (Å²) >= 11 is 1.54. The van der Waals surface area contributed by atoms with Crippen molar-refractivity contribution in [2.24, 2.45) is 5.10 Å². The maximum Gasteiger partial charge on any atom is 0.204 e. The van der Waals surface area contributed by atoms with E-state index in [-0.39, 0.29) is 0 Å². The first-order chi connectivity index (χ1) is 11.7. The van der Waals surface area contributed by atoms with Crippen molar-refractivity contribution in [3.8, 4) is 17.2 Å². The van der Waals surface area contributed by atoms with Gasteiger partial charge in [-0.2, -0.15) is 5.10 Å². The van der Waals surface area contributed by atoms with Gasteiger partial charge < -0.3 is 14.2 Å². The van der Waals surface area contributed by atoms with E-state index in [4.69, 9.17) is 14.2 Å². The number of hydrogen-bond acceptors (Lipinski definition) is 7. The van der Waals surface area contributed by atoms with Crippen LogP contribution in [0.2, 0.25) is 0 Å². The summed E-state index contributed by atoms with van der Waals surface area (Å²) in [6.07, 6.45) is 1.66. The molecule has 3 aromatic rings. The van der Waals surface area contributed by atoms with Gasteiger partial charge in [0, 0.05) is 11.6 Å². The highest BCUT2D eigenvalue weighted by Crippen LogP contribution is 2.33. The fourth-order valence-electron chi connectivity index (χ4n) is 2.23. The highest BCUT2D eigenvalue weighted by Gasteiger charge is 2.10. The molecule has 0 amide bonds. The third-order valence-corrected chi connectivity index (χ3v) is 4.33. The van der Waals surface area contributed by atoms with Gasteiger partial charge in [-0.1, -0.05) is 23.5 Å². The van der Waals surface area contributed by atoms with Crippen molar-refractivity contribution in [2.45, 2.75) is 0 Å². The maximum absolute atomic E-state index is 5.37. The highest BCUT2D eigenvalue weighted by atomic mass is 32.1. The first-order valence-electron chi connectivity index (χ1n) is 7.20. The quantitative estimate of drug-likeness (QED) is 0.545. The number of para-hydroxylation sites is 1. The van der Waals surface area contributed by atoms with Crippen LogP contribution in [0.25, 0.3) is 10.2 Å². The van der Waals surface area contributed by atoms with Gasteiger partial charge in [0.2, 0.25) is 5.13 Å². The molecule has 0 unspecified atom stereocenters. The summed E-state index contributed by atoms with van der Waals surface area (Å²) in [7, 11) is 4.77. The average molecular weight is 343 g/mol. The van der Waals surface area contributed by atoms with Crippen LogP contribution in [0.3, 0.4) is 0 Å². The molecule has 3 rings (SSSR count). The van der Waals surface area contributed by atoms with Crippen LogP contribution in [-0.2, 0) is 0 Å². The van der Waals surface area contributed by atoms with E-state index in [1.54, 1.807) is 51.0 Å². The lowest BCUT2D eigenvalue weighted by molar-refractivity contribution is 0.349. The van der Waals surface area contributed by atoms with Crippen LogP contribution in [-0.4, -0.2) is 32.5 Å². The molecular formula is C17H17N3O3S. The SMILES string of the molecule is COc1cc(OC)c(OC)cc1/C=N/Nc1nc2ccccc2s1. The minimum atomic E-state index is 0.602. The molecule has 0 fully saturated rings. The van der Waals surface area contributed by atoms with E-state index in [0.717, 1.165) is 20.9 Å². The maximum atomic E-state index is 5.37. The standard InChI is InChI=1S/C17H17N3O3S/c1-21-13-9-15(23-3)14(22-2)8-11(13)10-18-20-17-19-12-6-4-5-7-16(12)24-17/h4-10H,1-3H3,(H,19,20)/b18-10+. The monoisotopic (exact) mass is 343 g/mol. The number of thiazole rings is 1. The van der Waals surface area contributed by atoms with E-state index in [1.165, 1.54) is 0 Å². The topological polar surface area (TPSA) is 65.0 Å². The number of nitrogens with zero attached hydrogens (tertiary/aromatic N) is 2. The number of hydrogen-bond donors (Lipinski definition) is 1. The number of rotatable bonds is 6. The Hall–Kier alpha value is -2.80. The molecule has 0 aliphatic heterocycles. The average Bonchev–Trinajstić information content (AvgIpc) is 3.03. The van der Waals surface area contributed by atoms with Gasteiger partial charge in [-0.3, -0.25) is 5.43 Å². The van der Waals surface area contributed by atoms with Gasteiger partial charge >= 0.3 is 0 Å². The van der Waals surface area contributed by atoms with Crippen molar-refractivity contribution in [1.29, 1.82) is 0 Å². The number of anilines is 1. The van der Waals surface area contributed by atoms with Crippen molar-refractivity contribution >= 4 is 32.9 Å². The van der Waals surface area contributed by atoms with Gasteiger partial charge in [-0.15, -0.1) is 0 Å². The molecule has 1 aromatic heterocycles. The van der Waals surface area contributed by atoms with Crippen LogP contribution in [0.15, 0.2) is 41.5 Å². The summed E-state index contributed by atoms with van der Waals surface area (Å²) in [5, 5.41) is 4.97. The fourth-order valence-corrected chi connectivity index (χ4v) is 3.05. The minimum Gasteiger partial charge on any atom is -0.496 e. The molecule has 124 valence electrons. The van der Waals surface area contributed by atoms with Crippen LogP contribution >= 0.6 is 11.3 Å². The van der Waals surface area contributed by atoms with Crippen LogP contribution in [0.4, 0.5) is 5.13 Å². The van der Waals surface area contributed by atoms with E-state index in [9.17, 15) is 0 Å². The Balaban J connectivity index is 1.82. The summed E-state index contributed by atoms with van der Waals surface area (Å²) in [5.41, 5.74) is 4.66. The molecule has 7 heteroatoms. The normalized spacial score (nSPS) is 11.0. The van der Waals surface area contributed by atoms with Crippen molar-refractivity contribution in [3.05, 3.63) is 42.0 Å². The Labute approximate surface area is 143 Å².